The summed E-state index contributed by atoms with van der Waals surface area (Å²) in [7, 11) is 0. The molecule has 0 radical (unpaired) electrons. The summed E-state index contributed by atoms with van der Waals surface area (Å²) in [6.07, 6.45) is 5.98. The largest absolute Gasteiger partial charge is 0.379 e. The van der Waals surface area contributed by atoms with Gasteiger partial charge >= 0.3 is 0 Å². The minimum absolute atomic E-state index is 0.0190. The second-order valence-electron chi connectivity index (χ2n) is 6.10. The Labute approximate surface area is 114 Å². The molecular formula is C14H25N3O2. The van der Waals surface area contributed by atoms with Crippen molar-refractivity contribution in [2.24, 2.45) is 5.73 Å². The lowest BCUT2D eigenvalue weighted by molar-refractivity contribution is 0.0962. The average molecular weight is 267 g/mol. The lowest BCUT2D eigenvalue weighted by atomic mass is 9.75. The number of hydrogen-bond acceptors (Lipinski definition) is 5. The fraction of sp³-hybridized carbons (Fsp3) is 0.857. The summed E-state index contributed by atoms with van der Waals surface area (Å²) in [4.78, 5) is 4.55. The Morgan fingerprint density at radius 3 is 2.68 bits per heavy atom. The molecule has 108 valence electrons. The van der Waals surface area contributed by atoms with Crippen LogP contribution >= 0.6 is 0 Å². The first-order chi connectivity index (χ1) is 8.98. The van der Waals surface area contributed by atoms with E-state index in [1.807, 2.05) is 13.8 Å². The van der Waals surface area contributed by atoms with Crippen LogP contribution in [-0.4, -0.2) is 23.4 Å². The zero-order valence-corrected chi connectivity index (χ0v) is 12.2. The molecule has 1 unspecified atom stereocenters. The first-order valence-corrected chi connectivity index (χ1v) is 7.19. The van der Waals surface area contributed by atoms with Crippen molar-refractivity contribution in [2.75, 3.05) is 13.2 Å². The van der Waals surface area contributed by atoms with Crippen molar-refractivity contribution in [2.45, 2.75) is 63.8 Å². The molecule has 1 heterocycles. The van der Waals surface area contributed by atoms with Crippen LogP contribution in [0.25, 0.3) is 0 Å². The summed E-state index contributed by atoms with van der Waals surface area (Å²) in [5.41, 5.74) is 5.53. The highest BCUT2D eigenvalue weighted by Gasteiger charge is 2.36. The third-order valence-electron chi connectivity index (χ3n) is 4.02. The van der Waals surface area contributed by atoms with Crippen LogP contribution in [0.2, 0.25) is 0 Å². The first-order valence-electron chi connectivity index (χ1n) is 7.19. The minimum Gasteiger partial charge on any atom is -0.379 e. The molecule has 1 fully saturated rings. The van der Waals surface area contributed by atoms with E-state index in [1.165, 1.54) is 19.3 Å². The summed E-state index contributed by atoms with van der Waals surface area (Å²) in [6, 6.07) is 0. The third kappa shape index (κ3) is 3.15. The normalized spacial score (nSPS) is 22.1. The predicted octanol–water partition coefficient (Wildman–Crippen LogP) is 2.50. The van der Waals surface area contributed by atoms with Crippen LogP contribution < -0.4 is 5.73 Å². The highest BCUT2D eigenvalue weighted by molar-refractivity contribution is 5.09. The van der Waals surface area contributed by atoms with Gasteiger partial charge in [0.05, 0.1) is 6.61 Å². The topological polar surface area (TPSA) is 74.2 Å². The SMILES string of the molecule is CCOCC(C)(N)c1noc(C2(C)CCCCC2)n1. The molecule has 0 amide bonds. The van der Waals surface area contributed by atoms with E-state index >= 15 is 0 Å². The maximum atomic E-state index is 6.20. The molecule has 2 N–H and O–H groups in total. The highest BCUT2D eigenvalue weighted by Crippen LogP contribution is 2.38. The summed E-state index contributed by atoms with van der Waals surface area (Å²) in [5, 5.41) is 4.07. The van der Waals surface area contributed by atoms with E-state index in [-0.39, 0.29) is 5.41 Å². The van der Waals surface area contributed by atoms with E-state index < -0.39 is 5.54 Å². The maximum Gasteiger partial charge on any atom is 0.232 e. The number of rotatable bonds is 5. The van der Waals surface area contributed by atoms with Crippen molar-refractivity contribution in [1.29, 1.82) is 0 Å². The monoisotopic (exact) mass is 267 g/mol. The van der Waals surface area contributed by atoms with E-state index in [0.717, 1.165) is 18.7 Å². The Morgan fingerprint density at radius 1 is 1.37 bits per heavy atom. The van der Waals surface area contributed by atoms with Crippen LogP contribution in [0.4, 0.5) is 0 Å². The number of aromatic nitrogens is 2. The number of ether oxygens (including phenoxy) is 1. The van der Waals surface area contributed by atoms with Crippen molar-refractivity contribution >= 4 is 0 Å². The van der Waals surface area contributed by atoms with Crippen LogP contribution in [0.1, 0.15) is 64.6 Å². The lowest BCUT2D eigenvalue weighted by Gasteiger charge is -2.29. The van der Waals surface area contributed by atoms with Crippen LogP contribution in [0.15, 0.2) is 4.52 Å². The smallest absolute Gasteiger partial charge is 0.232 e. The molecule has 1 aliphatic rings. The summed E-state index contributed by atoms with van der Waals surface area (Å²) < 4.78 is 10.9. The van der Waals surface area contributed by atoms with Gasteiger partial charge in [0.25, 0.3) is 0 Å². The molecule has 5 nitrogen and oxygen atoms in total. The zero-order valence-electron chi connectivity index (χ0n) is 12.2. The Hall–Kier alpha value is -0.940. The zero-order chi connectivity index (χ0) is 13.9. The molecule has 1 aliphatic carbocycles. The van der Waals surface area contributed by atoms with Crippen molar-refractivity contribution < 1.29 is 9.26 Å². The van der Waals surface area contributed by atoms with Crippen molar-refractivity contribution in [3.63, 3.8) is 0 Å². The molecule has 0 spiro atoms. The Bertz CT molecular complexity index is 409. The molecule has 0 bridgehead atoms. The molecule has 1 aromatic heterocycles. The van der Waals surface area contributed by atoms with E-state index in [1.54, 1.807) is 0 Å². The quantitative estimate of drug-likeness (QED) is 0.887. The molecule has 0 aromatic carbocycles. The number of nitrogens with two attached hydrogens (primary N) is 1. The predicted molar refractivity (Wildman–Crippen MR) is 72.8 cm³/mol. The number of hydrogen-bond donors (Lipinski definition) is 1. The second-order valence-corrected chi connectivity index (χ2v) is 6.10. The molecule has 1 aromatic rings. The van der Waals surface area contributed by atoms with Crippen molar-refractivity contribution in [3.05, 3.63) is 11.7 Å². The van der Waals surface area contributed by atoms with Gasteiger partial charge in [0.1, 0.15) is 5.54 Å². The maximum absolute atomic E-state index is 6.20. The van der Waals surface area contributed by atoms with E-state index in [0.29, 0.717) is 19.0 Å². The Kier molecular flexibility index (Phi) is 4.26. The van der Waals surface area contributed by atoms with E-state index in [2.05, 4.69) is 17.1 Å². The fourth-order valence-electron chi connectivity index (χ4n) is 2.63. The van der Waals surface area contributed by atoms with Gasteiger partial charge < -0.3 is 15.0 Å². The van der Waals surface area contributed by atoms with Crippen molar-refractivity contribution in [3.8, 4) is 0 Å². The van der Waals surface area contributed by atoms with Gasteiger partial charge in [-0.1, -0.05) is 31.3 Å². The highest BCUT2D eigenvalue weighted by atomic mass is 16.5. The van der Waals surface area contributed by atoms with Gasteiger partial charge in [-0.3, -0.25) is 0 Å². The van der Waals surface area contributed by atoms with Crippen LogP contribution in [-0.2, 0) is 15.7 Å². The molecule has 19 heavy (non-hydrogen) atoms. The third-order valence-corrected chi connectivity index (χ3v) is 4.02. The molecule has 0 aliphatic heterocycles. The molecular weight excluding hydrogens is 242 g/mol. The summed E-state index contributed by atoms with van der Waals surface area (Å²) >= 11 is 0. The Balaban J connectivity index is 2.14. The molecule has 1 atom stereocenters. The van der Waals surface area contributed by atoms with Gasteiger partial charge in [-0.15, -0.1) is 0 Å². The minimum atomic E-state index is -0.692. The van der Waals surface area contributed by atoms with Crippen LogP contribution in [0.3, 0.4) is 0 Å². The molecule has 0 saturated heterocycles. The van der Waals surface area contributed by atoms with Crippen LogP contribution in [0.5, 0.6) is 0 Å². The fourth-order valence-corrected chi connectivity index (χ4v) is 2.63. The van der Waals surface area contributed by atoms with Gasteiger partial charge in [0.15, 0.2) is 5.82 Å². The van der Waals surface area contributed by atoms with E-state index in [4.69, 9.17) is 15.0 Å². The van der Waals surface area contributed by atoms with Gasteiger partial charge in [0, 0.05) is 12.0 Å². The molecule has 5 heteroatoms. The lowest BCUT2D eigenvalue weighted by Crippen LogP contribution is -2.39. The standard InChI is InChI=1S/C14H25N3O2/c1-4-18-10-14(3,15)11-16-12(19-17-11)13(2)8-6-5-7-9-13/h4-10,15H2,1-3H3. The van der Waals surface area contributed by atoms with E-state index in [9.17, 15) is 0 Å². The average Bonchev–Trinajstić information content (AvgIpc) is 2.88. The number of nitrogens with zero attached hydrogens (tertiary/aromatic N) is 2. The summed E-state index contributed by atoms with van der Waals surface area (Å²) in [6.45, 7) is 7.07. The van der Waals surface area contributed by atoms with Gasteiger partial charge in [-0.05, 0) is 26.7 Å². The van der Waals surface area contributed by atoms with Crippen LogP contribution in [0, 0.1) is 0 Å². The second kappa shape index (κ2) is 5.59. The van der Waals surface area contributed by atoms with Crippen molar-refractivity contribution in [1.82, 2.24) is 10.1 Å². The van der Waals surface area contributed by atoms with Gasteiger partial charge in [0.2, 0.25) is 5.89 Å². The van der Waals surface area contributed by atoms with Gasteiger partial charge in [-0.2, -0.15) is 4.98 Å². The Morgan fingerprint density at radius 2 is 2.05 bits per heavy atom. The summed E-state index contributed by atoms with van der Waals surface area (Å²) in [5.74, 6) is 1.28. The molecule has 2 rings (SSSR count). The molecule has 1 saturated carbocycles. The first kappa shape index (κ1) is 14.5. The van der Waals surface area contributed by atoms with Gasteiger partial charge in [-0.25, -0.2) is 0 Å².